The zero-order valence-corrected chi connectivity index (χ0v) is 17.9. The van der Waals surface area contributed by atoms with E-state index in [0.717, 1.165) is 26.6 Å². The number of carbonyl (C=O) groups excluding carboxylic acids is 1. The lowest BCUT2D eigenvalue weighted by Crippen LogP contribution is -2.40. The van der Waals surface area contributed by atoms with E-state index in [-0.39, 0.29) is 25.0 Å². The molecule has 146 valence electrons. The summed E-state index contributed by atoms with van der Waals surface area (Å²) in [5.74, 6) is -0.351. The number of rotatable bonds is 8. The fourth-order valence-electron chi connectivity index (χ4n) is 2.51. The van der Waals surface area contributed by atoms with E-state index in [0.29, 0.717) is 5.02 Å². The van der Waals surface area contributed by atoms with E-state index in [9.17, 15) is 13.2 Å². The first-order chi connectivity index (χ1) is 12.7. The Morgan fingerprint density at radius 3 is 2.26 bits per heavy atom. The number of thioether (sulfide) groups is 1. The zero-order chi connectivity index (χ0) is 20.0. The molecular formula is C19H23ClN2O3S2. The van der Waals surface area contributed by atoms with Crippen molar-refractivity contribution < 1.29 is 13.2 Å². The zero-order valence-electron chi connectivity index (χ0n) is 15.5. The van der Waals surface area contributed by atoms with E-state index in [2.05, 4.69) is 5.32 Å². The number of nitrogens with zero attached hydrogens (tertiary/aromatic N) is 1. The molecule has 2 aromatic carbocycles. The first-order valence-electron chi connectivity index (χ1n) is 8.32. The van der Waals surface area contributed by atoms with Gasteiger partial charge in [-0.05, 0) is 48.6 Å². The molecule has 0 heterocycles. The molecule has 1 unspecified atom stereocenters. The molecule has 8 heteroatoms. The van der Waals surface area contributed by atoms with Crippen molar-refractivity contribution in [3.05, 3.63) is 64.7 Å². The molecule has 1 amide bonds. The monoisotopic (exact) mass is 426 g/mol. The molecule has 1 N–H and O–H groups in total. The number of hydrogen-bond donors (Lipinski definition) is 1. The number of amides is 1. The molecule has 0 spiro atoms. The minimum atomic E-state index is -3.54. The number of nitrogens with one attached hydrogen (secondary N) is 1. The smallest absolute Gasteiger partial charge is 0.235 e. The first-order valence-corrected chi connectivity index (χ1v) is 11.8. The summed E-state index contributed by atoms with van der Waals surface area (Å²) < 4.78 is 25.3. The molecule has 0 aromatic heterocycles. The van der Waals surface area contributed by atoms with Crippen LogP contribution >= 0.6 is 23.4 Å². The van der Waals surface area contributed by atoms with Crippen LogP contribution in [0.2, 0.25) is 5.02 Å². The summed E-state index contributed by atoms with van der Waals surface area (Å²) in [6.45, 7) is 1.74. The van der Waals surface area contributed by atoms with Gasteiger partial charge >= 0.3 is 0 Å². The van der Waals surface area contributed by atoms with Gasteiger partial charge in [-0.1, -0.05) is 35.9 Å². The van der Waals surface area contributed by atoms with Crippen LogP contribution in [0.25, 0.3) is 0 Å². The molecule has 0 aliphatic heterocycles. The van der Waals surface area contributed by atoms with Crippen LogP contribution < -0.4 is 5.32 Å². The van der Waals surface area contributed by atoms with E-state index < -0.39 is 10.0 Å². The number of sulfonamides is 1. The Labute approximate surface area is 170 Å². The first kappa shape index (κ1) is 21.8. The van der Waals surface area contributed by atoms with Crippen molar-refractivity contribution in [1.82, 2.24) is 9.62 Å². The molecule has 0 radical (unpaired) electrons. The summed E-state index contributed by atoms with van der Waals surface area (Å²) in [7, 11) is -3.54. The van der Waals surface area contributed by atoms with Crippen molar-refractivity contribution in [2.24, 2.45) is 0 Å². The minimum Gasteiger partial charge on any atom is -0.348 e. The third-order valence-electron chi connectivity index (χ3n) is 4.05. The van der Waals surface area contributed by atoms with Crippen molar-refractivity contribution in [2.75, 3.05) is 19.1 Å². The summed E-state index contributed by atoms with van der Waals surface area (Å²) in [5.41, 5.74) is 1.73. The number of benzene rings is 2. The Bertz CT molecular complexity index is 869. The van der Waals surface area contributed by atoms with Crippen LogP contribution in [0.5, 0.6) is 0 Å². The van der Waals surface area contributed by atoms with Crippen molar-refractivity contribution in [3.8, 4) is 0 Å². The predicted molar refractivity (Wildman–Crippen MR) is 111 cm³/mol. The van der Waals surface area contributed by atoms with Crippen molar-refractivity contribution in [3.63, 3.8) is 0 Å². The summed E-state index contributed by atoms with van der Waals surface area (Å²) >= 11 is 7.51. The lowest BCUT2D eigenvalue weighted by molar-refractivity contribution is -0.122. The quantitative estimate of drug-likeness (QED) is 0.653. The van der Waals surface area contributed by atoms with Gasteiger partial charge in [0.05, 0.1) is 18.8 Å². The maximum Gasteiger partial charge on any atom is 0.235 e. The van der Waals surface area contributed by atoms with Gasteiger partial charge in [-0.15, -0.1) is 11.8 Å². The van der Waals surface area contributed by atoms with Crippen LogP contribution in [0.15, 0.2) is 53.4 Å². The van der Waals surface area contributed by atoms with Gasteiger partial charge in [0.1, 0.15) is 0 Å². The van der Waals surface area contributed by atoms with Gasteiger partial charge in [-0.3, -0.25) is 4.79 Å². The summed E-state index contributed by atoms with van der Waals surface area (Å²) in [4.78, 5) is 13.6. The van der Waals surface area contributed by atoms with Crippen LogP contribution in [0.4, 0.5) is 0 Å². The molecule has 0 fully saturated rings. The highest BCUT2D eigenvalue weighted by Gasteiger charge is 2.21. The molecule has 2 aromatic rings. The van der Waals surface area contributed by atoms with Crippen LogP contribution in [0.3, 0.4) is 0 Å². The topological polar surface area (TPSA) is 66.5 Å². The minimum absolute atomic E-state index is 0.111. The van der Waals surface area contributed by atoms with Crippen LogP contribution in [0.1, 0.15) is 24.1 Å². The highest BCUT2D eigenvalue weighted by atomic mass is 35.5. The second kappa shape index (κ2) is 9.59. The molecule has 2 rings (SSSR count). The summed E-state index contributed by atoms with van der Waals surface area (Å²) in [6, 6.07) is 14.6. The lowest BCUT2D eigenvalue weighted by atomic mass is 10.1. The fraction of sp³-hybridized carbons (Fsp3) is 0.316. The Balaban J connectivity index is 2.03. The Morgan fingerprint density at radius 2 is 1.74 bits per heavy atom. The van der Waals surface area contributed by atoms with E-state index in [1.807, 2.05) is 37.4 Å². The Morgan fingerprint density at radius 1 is 1.15 bits per heavy atom. The fourth-order valence-corrected chi connectivity index (χ4v) is 3.78. The normalized spacial score (nSPS) is 12.8. The van der Waals surface area contributed by atoms with Gasteiger partial charge in [0.2, 0.25) is 15.9 Å². The van der Waals surface area contributed by atoms with Crippen molar-refractivity contribution >= 4 is 39.3 Å². The maximum absolute atomic E-state index is 12.4. The van der Waals surface area contributed by atoms with Gasteiger partial charge < -0.3 is 5.32 Å². The molecular weight excluding hydrogens is 404 g/mol. The third kappa shape index (κ3) is 6.84. The molecule has 0 bridgehead atoms. The van der Waals surface area contributed by atoms with Crippen molar-refractivity contribution in [2.45, 2.75) is 24.4 Å². The van der Waals surface area contributed by atoms with Gasteiger partial charge in [-0.2, -0.15) is 4.31 Å². The second-order valence-corrected chi connectivity index (χ2v) is 9.52. The molecule has 27 heavy (non-hydrogen) atoms. The number of hydrogen-bond acceptors (Lipinski definition) is 4. The van der Waals surface area contributed by atoms with Crippen molar-refractivity contribution in [1.29, 1.82) is 0 Å². The summed E-state index contributed by atoms with van der Waals surface area (Å²) in [5, 5.41) is 3.43. The average molecular weight is 427 g/mol. The SMILES string of the molecule is CSc1ccc(C(C)NC(=O)CN(Cc2ccc(Cl)cc2)S(C)(=O)=O)cc1. The molecule has 0 aliphatic carbocycles. The highest BCUT2D eigenvalue weighted by Crippen LogP contribution is 2.19. The third-order valence-corrected chi connectivity index (χ3v) is 6.25. The van der Waals surface area contributed by atoms with E-state index >= 15 is 0 Å². The lowest BCUT2D eigenvalue weighted by Gasteiger charge is -2.21. The van der Waals surface area contributed by atoms with Gasteiger partial charge in [-0.25, -0.2) is 8.42 Å². The largest absolute Gasteiger partial charge is 0.348 e. The van der Waals surface area contributed by atoms with Crippen LogP contribution in [-0.4, -0.2) is 37.7 Å². The highest BCUT2D eigenvalue weighted by molar-refractivity contribution is 7.98. The van der Waals surface area contributed by atoms with Gasteiger partial charge in [0.25, 0.3) is 0 Å². The molecule has 5 nitrogen and oxygen atoms in total. The maximum atomic E-state index is 12.4. The Hall–Kier alpha value is -1.54. The van der Waals surface area contributed by atoms with Crippen LogP contribution in [-0.2, 0) is 21.4 Å². The Kier molecular flexibility index (Phi) is 7.73. The second-order valence-electron chi connectivity index (χ2n) is 6.22. The van der Waals surface area contributed by atoms with E-state index in [4.69, 9.17) is 11.6 Å². The predicted octanol–water partition coefficient (Wildman–Crippen LogP) is 3.70. The molecule has 0 saturated heterocycles. The van der Waals surface area contributed by atoms with Gasteiger partial charge in [0, 0.05) is 16.5 Å². The molecule has 0 aliphatic rings. The number of carbonyl (C=O) groups is 1. The number of halogens is 1. The van der Waals surface area contributed by atoms with Gasteiger partial charge in [0.15, 0.2) is 0 Å². The standard InChI is InChI=1S/C19H23ClN2O3S2/c1-14(16-6-10-18(26-2)11-7-16)21-19(23)13-22(27(3,24)25)12-15-4-8-17(20)9-5-15/h4-11,14H,12-13H2,1-3H3,(H,21,23). The molecule has 1 atom stereocenters. The average Bonchev–Trinajstić information content (AvgIpc) is 2.62. The van der Waals surface area contributed by atoms with E-state index in [1.165, 1.54) is 0 Å². The van der Waals surface area contributed by atoms with E-state index in [1.54, 1.807) is 36.0 Å². The summed E-state index contributed by atoms with van der Waals surface area (Å²) in [6.07, 6.45) is 3.10. The molecule has 0 saturated carbocycles. The van der Waals surface area contributed by atoms with Crippen LogP contribution in [0, 0.1) is 0 Å².